The number of amides is 1. The van der Waals surface area contributed by atoms with Crippen LogP contribution >= 0.6 is 12.2 Å². The maximum atomic E-state index is 12.0. The zero-order valence-electron chi connectivity index (χ0n) is 14.2. The van der Waals surface area contributed by atoms with Crippen molar-refractivity contribution in [2.45, 2.75) is 27.2 Å². The molecule has 0 saturated heterocycles. The van der Waals surface area contributed by atoms with Crippen LogP contribution in [0.25, 0.3) is 0 Å². The Morgan fingerprint density at radius 3 is 2.50 bits per heavy atom. The van der Waals surface area contributed by atoms with Gasteiger partial charge in [0.2, 0.25) is 0 Å². The summed E-state index contributed by atoms with van der Waals surface area (Å²) in [6.45, 7) is 5.94. The van der Waals surface area contributed by atoms with Crippen molar-refractivity contribution >= 4 is 28.9 Å². The van der Waals surface area contributed by atoms with Crippen LogP contribution in [-0.4, -0.2) is 17.6 Å². The third kappa shape index (κ3) is 5.35. The average molecular weight is 342 g/mol. The van der Waals surface area contributed by atoms with Gasteiger partial charge in [-0.1, -0.05) is 31.2 Å². The first-order chi connectivity index (χ1) is 11.5. The molecule has 0 spiro atoms. The van der Waals surface area contributed by atoms with E-state index in [4.69, 9.17) is 17.0 Å². The molecule has 2 N–H and O–H groups in total. The van der Waals surface area contributed by atoms with Gasteiger partial charge in [-0.25, -0.2) is 0 Å². The Balaban J connectivity index is 1.82. The molecule has 1 amide bonds. The van der Waals surface area contributed by atoms with Crippen LogP contribution in [-0.2, 0) is 11.2 Å². The van der Waals surface area contributed by atoms with Crippen molar-refractivity contribution in [2.24, 2.45) is 0 Å². The van der Waals surface area contributed by atoms with Crippen LogP contribution in [0.4, 0.5) is 5.69 Å². The highest BCUT2D eigenvalue weighted by Gasteiger charge is 2.07. The zero-order valence-corrected chi connectivity index (χ0v) is 15.0. The fraction of sp³-hybridized carbons (Fsp3) is 0.263. The van der Waals surface area contributed by atoms with E-state index in [1.165, 1.54) is 5.56 Å². The smallest absolute Gasteiger partial charge is 0.264 e. The quantitative estimate of drug-likeness (QED) is 0.813. The van der Waals surface area contributed by atoms with Crippen LogP contribution in [0.2, 0.25) is 0 Å². The predicted octanol–water partition coefficient (Wildman–Crippen LogP) is 3.76. The summed E-state index contributed by atoms with van der Waals surface area (Å²) in [6.07, 6.45) is 0.983. The van der Waals surface area contributed by atoms with Crippen LogP contribution in [0.1, 0.15) is 23.6 Å². The maximum absolute atomic E-state index is 12.0. The third-order valence-corrected chi connectivity index (χ3v) is 3.78. The van der Waals surface area contributed by atoms with E-state index in [-0.39, 0.29) is 17.6 Å². The van der Waals surface area contributed by atoms with Gasteiger partial charge in [-0.3, -0.25) is 10.1 Å². The van der Waals surface area contributed by atoms with Crippen molar-refractivity contribution in [1.29, 1.82) is 0 Å². The lowest BCUT2D eigenvalue weighted by molar-refractivity contribution is -0.121. The Morgan fingerprint density at radius 2 is 1.83 bits per heavy atom. The topological polar surface area (TPSA) is 50.4 Å². The highest BCUT2D eigenvalue weighted by Crippen LogP contribution is 2.18. The first-order valence-corrected chi connectivity index (χ1v) is 8.28. The van der Waals surface area contributed by atoms with Gasteiger partial charge in [0, 0.05) is 5.69 Å². The van der Waals surface area contributed by atoms with Crippen molar-refractivity contribution in [1.82, 2.24) is 5.32 Å². The summed E-state index contributed by atoms with van der Waals surface area (Å²) in [4.78, 5) is 12.0. The number of ether oxygens (including phenoxy) is 1. The van der Waals surface area contributed by atoms with Gasteiger partial charge in [-0.15, -0.1) is 0 Å². The summed E-state index contributed by atoms with van der Waals surface area (Å²) < 4.78 is 5.56. The minimum Gasteiger partial charge on any atom is -0.483 e. The number of benzene rings is 2. The van der Waals surface area contributed by atoms with Gasteiger partial charge in [-0.2, -0.15) is 0 Å². The van der Waals surface area contributed by atoms with Gasteiger partial charge in [0.25, 0.3) is 5.91 Å². The molecule has 0 atom stereocenters. The van der Waals surface area contributed by atoms with E-state index >= 15 is 0 Å². The lowest BCUT2D eigenvalue weighted by atomic mass is 10.1. The minimum atomic E-state index is -0.293. The molecule has 2 rings (SSSR count). The van der Waals surface area contributed by atoms with E-state index in [0.29, 0.717) is 5.75 Å². The Labute approximate surface area is 148 Å². The molecule has 0 heterocycles. The second kappa shape index (κ2) is 8.45. The lowest BCUT2D eigenvalue weighted by Gasteiger charge is -2.12. The monoisotopic (exact) mass is 342 g/mol. The number of carbonyl (C=O) groups is 1. The van der Waals surface area contributed by atoms with E-state index in [9.17, 15) is 4.79 Å². The molecule has 4 nitrogen and oxygen atoms in total. The number of thiocarbonyl (C=S) groups is 1. The molecule has 0 aliphatic heterocycles. The van der Waals surface area contributed by atoms with E-state index in [1.54, 1.807) is 0 Å². The van der Waals surface area contributed by atoms with Crippen molar-refractivity contribution in [3.05, 3.63) is 59.2 Å². The molecule has 2 aromatic rings. The second-order valence-electron chi connectivity index (χ2n) is 5.61. The van der Waals surface area contributed by atoms with Crippen molar-refractivity contribution in [2.75, 3.05) is 11.9 Å². The number of rotatable bonds is 5. The Kier molecular flexibility index (Phi) is 6.32. The summed E-state index contributed by atoms with van der Waals surface area (Å²) in [5.74, 6) is 0.415. The number of anilines is 1. The number of hydrogen-bond acceptors (Lipinski definition) is 3. The van der Waals surface area contributed by atoms with Gasteiger partial charge in [0.15, 0.2) is 11.7 Å². The molecule has 0 radical (unpaired) electrons. The van der Waals surface area contributed by atoms with Crippen molar-refractivity contribution in [3.63, 3.8) is 0 Å². The highest BCUT2D eigenvalue weighted by atomic mass is 32.1. The first kappa shape index (κ1) is 17.9. The third-order valence-electron chi connectivity index (χ3n) is 3.58. The number of nitrogens with one attached hydrogen (secondary N) is 2. The molecule has 0 aliphatic carbocycles. The summed E-state index contributed by atoms with van der Waals surface area (Å²) in [5.41, 5.74) is 4.17. The second-order valence-corrected chi connectivity index (χ2v) is 6.02. The normalized spacial score (nSPS) is 10.1. The van der Waals surface area contributed by atoms with E-state index < -0.39 is 0 Å². The molecule has 0 aliphatic rings. The van der Waals surface area contributed by atoms with Gasteiger partial charge in [-0.05, 0) is 67.4 Å². The average Bonchev–Trinajstić information content (AvgIpc) is 2.56. The molecule has 0 fully saturated rings. The Hall–Kier alpha value is -2.40. The number of aryl methyl sites for hydroxylation is 3. The molecule has 0 bridgehead atoms. The van der Waals surface area contributed by atoms with E-state index in [1.807, 2.05) is 56.3 Å². The molecule has 0 aromatic heterocycles. The van der Waals surface area contributed by atoms with Crippen LogP contribution in [0.15, 0.2) is 42.5 Å². The molecular formula is C19H22N2O2S. The molecule has 5 heteroatoms. The predicted molar refractivity (Wildman–Crippen MR) is 102 cm³/mol. The molecular weight excluding hydrogens is 320 g/mol. The first-order valence-electron chi connectivity index (χ1n) is 7.87. The van der Waals surface area contributed by atoms with Gasteiger partial charge in [0.1, 0.15) is 5.75 Å². The summed E-state index contributed by atoms with van der Waals surface area (Å²) in [6, 6.07) is 13.8. The summed E-state index contributed by atoms with van der Waals surface area (Å²) >= 11 is 5.15. The molecule has 24 heavy (non-hydrogen) atoms. The molecule has 0 saturated carbocycles. The maximum Gasteiger partial charge on any atom is 0.264 e. The van der Waals surface area contributed by atoms with Crippen molar-refractivity contribution < 1.29 is 9.53 Å². The standard InChI is InChI=1S/C19H22N2O2S/c1-4-15-7-9-16(10-8-15)20-19(24)21-18(22)12-23-17-11-13(2)5-6-14(17)3/h5-11H,4,12H2,1-3H3,(H2,20,21,22,24). The minimum absolute atomic E-state index is 0.0825. The van der Waals surface area contributed by atoms with Crippen LogP contribution in [0.5, 0.6) is 5.75 Å². The van der Waals surface area contributed by atoms with Crippen LogP contribution in [0, 0.1) is 13.8 Å². The summed E-state index contributed by atoms with van der Waals surface area (Å²) in [5, 5.41) is 5.86. The molecule has 2 aromatic carbocycles. The zero-order chi connectivity index (χ0) is 17.5. The van der Waals surface area contributed by atoms with E-state index in [0.717, 1.165) is 23.2 Å². The number of hydrogen-bond donors (Lipinski definition) is 2. The van der Waals surface area contributed by atoms with Gasteiger partial charge >= 0.3 is 0 Å². The molecule has 126 valence electrons. The number of carbonyl (C=O) groups excluding carboxylic acids is 1. The van der Waals surface area contributed by atoms with Crippen LogP contribution in [0.3, 0.4) is 0 Å². The largest absolute Gasteiger partial charge is 0.483 e. The lowest BCUT2D eigenvalue weighted by Crippen LogP contribution is -2.37. The van der Waals surface area contributed by atoms with Crippen LogP contribution < -0.4 is 15.4 Å². The fourth-order valence-electron chi connectivity index (χ4n) is 2.15. The van der Waals surface area contributed by atoms with Crippen molar-refractivity contribution in [3.8, 4) is 5.75 Å². The SMILES string of the molecule is CCc1ccc(NC(=S)NC(=O)COc2cc(C)ccc2C)cc1. The highest BCUT2D eigenvalue weighted by molar-refractivity contribution is 7.80. The Bertz CT molecular complexity index is 727. The Morgan fingerprint density at radius 1 is 1.12 bits per heavy atom. The van der Waals surface area contributed by atoms with Gasteiger partial charge < -0.3 is 10.1 Å². The van der Waals surface area contributed by atoms with Gasteiger partial charge in [0.05, 0.1) is 0 Å². The van der Waals surface area contributed by atoms with E-state index in [2.05, 4.69) is 17.6 Å². The molecule has 0 unspecified atom stereocenters. The fourth-order valence-corrected chi connectivity index (χ4v) is 2.39. The summed E-state index contributed by atoms with van der Waals surface area (Å²) in [7, 11) is 0.